The number of anilines is 1. The minimum Gasteiger partial charge on any atom is -0.478 e. The molecule has 1 atom stereocenters. The molecule has 1 heterocycles. The largest absolute Gasteiger partial charge is 0.478 e. The Morgan fingerprint density at radius 1 is 1.32 bits per heavy atom. The average molecular weight is 321 g/mol. The molecule has 1 aromatic carbocycles. The summed E-state index contributed by atoms with van der Waals surface area (Å²) in [6, 6.07) is 10.1. The van der Waals surface area contributed by atoms with E-state index in [1.165, 1.54) is 6.07 Å². The first-order valence-corrected chi connectivity index (χ1v) is 7.11. The number of benzene rings is 1. The summed E-state index contributed by atoms with van der Waals surface area (Å²) in [7, 11) is 0. The highest BCUT2D eigenvalue weighted by Gasteiger charge is 2.25. The van der Waals surface area contributed by atoms with Crippen LogP contribution in [0.5, 0.6) is 0 Å². The molecule has 0 aliphatic carbocycles. The lowest BCUT2D eigenvalue weighted by Crippen LogP contribution is -2.31. The first-order valence-electron chi connectivity index (χ1n) is 6.73. The van der Waals surface area contributed by atoms with E-state index in [0.717, 1.165) is 0 Å². The van der Waals surface area contributed by atoms with Crippen LogP contribution in [0.25, 0.3) is 0 Å². The second-order valence-electron chi connectivity index (χ2n) is 5.24. The lowest BCUT2D eigenvalue weighted by molar-refractivity contribution is 0.0691. The molecule has 0 aliphatic heterocycles. The molecule has 0 radical (unpaired) electrons. The summed E-state index contributed by atoms with van der Waals surface area (Å²) in [5, 5.41) is 23.0. The van der Waals surface area contributed by atoms with Crippen molar-refractivity contribution in [2.24, 2.45) is 0 Å². The molecule has 2 rings (SSSR count). The fourth-order valence-corrected chi connectivity index (χ4v) is 2.48. The monoisotopic (exact) mass is 320 g/mol. The van der Waals surface area contributed by atoms with Gasteiger partial charge in [0.25, 0.3) is 0 Å². The van der Waals surface area contributed by atoms with Crippen LogP contribution in [0.15, 0.2) is 36.4 Å². The molecule has 116 valence electrons. The van der Waals surface area contributed by atoms with Crippen molar-refractivity contribution in [2.75, 3.05) is 11.9 Å². The molecule has 22 heavy (non-hydrogen) atoms. The van der Waals surface area contributed by atoms with Gasteiger partial charge >= 0.3 is 5.97 Å². The van der Waals surface area contributed by atoms with Gasteiger partial charge in [0.05, 0.1) is 11.3 Å². The number of nitrogens with zero attached hydrogens (tertiary/aromatic N) is 1. The van der Waals surface area contributed by atoms with Crippen molar-refractivity contribution >= 4 is 23.4 Å². The molecule has 0 aliphatic rings. The maximum Gasteiger partial charge on any atom is 0.337 e. The molecule has 6 heteroatoms. The highest BCUT2D eigenvalue weighted by Crippen LogP contribution is 2.28. The van der Waals surface area contributed by atoms with Gasteiger partial charge in [0.15, 0.2) is 0 Å². The van der Waals surface area contributed by atoms with E-state index in [0.29, 0.717) is 22.1 Å². The highest BCUT2D eigenvalue weighted by molar-refractivity contribution is 6.31. The zero-order valence-electron chi connectivity index (χ0n) is 12.3. The number of aliphatic hydroxyl groups is 1. The van der Waals surface area contributed by atoms with E-state index in [2.05, 4.69) is 10.3 Å². The Hall–Kier alpha value is -2.11. The SMILES string of the molecule is Cc1nc(NCC(C)(O)c2ccccc2Cl)ccc1C(=O)O. The quantitative estimate of drug-likeness (QED) is 0.788. The van der Waals surface area contributed by atoms with Gasteiger partial charge in [-0.25, -0.2) is 9.78 Å². The topological polar surface area (TPSA) is 82.5 Å². The Morgan fingerprint density at radius 2 is 2.00 bits per heavy atom. The Bertz CT molecular complexity index is 702. The molecule has 0 fully saturated rings. The molecular formula is C16H17ClN2O3. The van der Waals surface area contributed by atoms with Crippen molar-refractivity contribution in [3.05, 3.63) is 58.2 Å². The van der Waals surface area contributed by atoms with Crippen LogP contribution in [0, 0.1) is 6.92 Å². The minimum absolute atomic E-state index is 0.156. The smallest absolute Gasteiger partial charge is 0.337 e. The second-order valence-corrected chi connectivity index (χ2v) is 5.65. The van der Waals surface area contributed by atoms with Gasteiger partial charge in [0.1, 0.15) is 11.4 Å². The Morgan fingerprint density at radius 3 is 2.59 bits per heavy atom. The predicted molar refractivity (Wildman–Crippen MR) is 85.4 cm³/mol. The van der Waals surface area contributed by atoms with Crippen molar-refractivity contribution < 1.29 is 15.0 Å². The van der Waals surface area contributed by atoms with E-state index in [9.17, 15) is 9.90 Å². The summed E-state index contributed by atoms with van der Waals surface area (Å²) in [4.78, 5) is 15.1. The van der Waals surface area contributed by atoms with Crippen molar-refractivity contribution in [3.63, 3.8) is 0 Å². The summed E-state index contributed by atoms with van der Waals surface area (Å²) in [6.45, 7) is 3.47. The normalized spacial score (nSPS) is 13.5. The molecule has 1 aromatic heterocycles. The number of carbonyl (C=O) groups is 1. The molecule has 0 bridgehead atoms. The summed E-state index contributed by atoms with van der Waals surface area (Å²) in [5.74, 6) is -0.519. The van der Waals surface area contributed by atoms with E-state index in [-0.39, 0.29) is 12.1 Å². The Balaban J connectivity index is 2.14. The number of aromatic nitrogens is 1. The number of aromatic carboxylic acids is 1. The van der Waals surface area contributed by atoms with Gasteiger partial charge in [-0.05, 0) is 32.0 Å². The lowest BCUT2D eigenvalue weighted by Gasteiger charge is -2.25. The van der Waals surface area contributed by atoms with Gasteiger partial charge in [-0.3, -0.25) is 0 Å². The number of halogens is 1. The van der Waals surface area contributed by atoms with Crippen LogP contribution in [-0.2, 0) is 5.60 Å². The zero-order chi connectivity index (χ0) is 16.3. The summed E-state index contributed by atoms with van der Waals surface area (Å²) >= 11 is 6.10. The summed E-state index contributed by atoms with van der Waals surface area (Å²) in [6.07, 6.45) is 0. The van der Waals surface area contributed by atoms with Crippen LogP contribution in [0.4, 0.5) is 5.82 Å². The third-order valence-corrected chi connectivity index (χ3v) is 3.71. The third-order valence-electron chi connectivity index (χ3n) is 3.38. The standard InChI is InChI=1S/C16H17ClN2O3/c1-10-11(15(20)21)7-8-14(19-10)18-9-16(2,22)12-5-3-4-6-13(12)17/h3-8,22H,9H2,1-2H3,(H,18,19)(H,20,21). The summed E-state index contributed by atoms with van der Waals surface area (Å²) < 4.78 is 0. The van der Waals surface area contributed by atoms with Gasteiger partial charge in [-0.1, -0.05) is 29.8 Å². The number of pyridine rings is 1. The molecule has 5 nitrogen and oxygen atoms in total. The number of carboxylic acid groups (broad SMARTS) is 1. The fraction of sp³-hybridized carbons (Fsp3) is 0.250. The molecule has 1 unspecified atom stereocenters. The van der Waals surface area contributed by atoms with E-state index < -0.39 is 11.6 Å². The maximum atomic E-state index is 11.0. The first-order chi connectivity index (χ1) is 10.3. The van der Waals surface area contributed by atoms with Crippen molar-refractivity contribution in [3.8, 4) is 0 Å². The molecule has 2 aromatic rings. The number of nitrogens with one attached hydrogen (secondary N) is 1. The van der Waals surface area contributed by atoms with Gasteiger partial charge in [-0.2, -0.15) is 0 Å². The number of hydrogen-bond acceptors (Lipinski definition) is 4. The van der Waals surface area contributed by atoms with E-state index in [4.69, 9.17) is 16.7 Å². The van der Waals surface area contributed by atoms with Gasteiger partial charge < -0.3 is 15.5 Å². The second kappa shape index (κ2) is 6.34. The number of carboxylic acids is 1. The molecule has 0 saturated carbocycles. The molecule has 3 N–H and O–H groups in total. The lowest BCUT2D eigenvalue weighted by atomic mass is 9.96. The molecular weight excluding hydrogens is 304 g/mol. The first kappa shape index (κ1) is 16.3. The zero-order valence-corrected chi connectivity index (χ0v) is 13.1. The van der Waals surface area contributed by atoms with E-state index >= 15 is 0 Å². The van der Waals surface area contributed by atoms with Gasteiger partial charge in [0.2, 0.25) is 0 Å². The molecule has 0 spiro atoms. The van der Waals surface area contributed by atoms with Gasteiger partial charge in [-0.15, -0.1) is 0 Å². The van der Waals surface area contributed by atoms with Crippen LogP contribution in [0.2, 0.25) is 5.02 Å². The van der Waals surface area contributed by atoms with Crippen LogP contribution < -0.4 is 5.32 Å². The number of rotatable bonds is 5. The predicted octanol–water partition coefficient (Wildman–Crippen LogP) is 3.06. The average Bonchev–Trinajstić information content (AvgIpc) is 2.45. The minimum atomic E-state index is -1.18. The Labute approximate surface area is 133 Å². The van der Waals surface area contributed by atoms with Crippen molar-refractivity contribution in [2.45, 2.75) is 19.4 Å². The van der Waals surface area contributed by atoms with Crippen LogP contribution >= 0.6 is 11.6 Å². The molecule has 0 amide bonds. The van der Waals surface area contributed by atoms with E-state index in [1.807, 2.05) is 0 Å². The van der Waals surface area contributed by atoms with Crippen LogP contribution in [0.3, 0.4) is 0 Å². The van der Waals surface area contributed by atoms with Crippen molar-refractivity contribution in [1.82, 2.24) is 4.98 Å². The fourth-order valence-electron chi connectivity index (χ4n) is 2.14. The number of aryl methyl sites for hydroxylation is 1. The maximum absolute atomic E-state index is 11.0. The third kappa shape index (κ3) is 3.55. The summed E-state index contributed by atoms with van der Waals surface area (Å²) in [5.41, 5.74) is 0.000648. The Kier molecular flexibility index (Phi) is 4.68. The molecule has 0 saturated heterocycles. The van der Waals surface area contributed by atoms with E-state index in [1.54, 1.807) is 44.2 Å². The van der Waals surface area contributed by atoms with Gasteiger partial charge in [0, 0.05) is 17.1 Å². The van der Waals surface area contributed by atoms with Crippen LogP contribution in [-0.4, -0.2) is 27.7 Å². The highest BCUT2D eigenvalue weighted by atomic mass is 35.5. The van der Waals surface area contributed by atoms with Crippen LogP contribution in [0.1, 0.15) is 28.5 Å². The van der Waals surface area contributed by atoms with Crippen molar-refractivity contribution in [1.29, 1.82) is 0 Å². The number of hydrogen-bond donors (Lipinski definition) is 3.